The average molecular weight is 318 g/mol. The Labute approximate surface area is 134 Å². The zero-order chi connectivity index (χ0) is 12.1. The molecule has 0 unspecified atom stereocenters. The molecular weight excluding hydrogens is 301 g/mol. The molecule has 1 saturated heterocycles. The Morgan fingerprint density at radius 1 is 1.39 bits per heavy atom. The van der Waals surface area contributed by atoms with Crippen molar-refractivity contribution in [2.45, 2.75) is 0 Å². The van der Waals surface area contributed by atoms with Gasteiger partial charge in [-0.05, 0) is 12.7 Å². The maximum Gasteiger partial charge on any atom is 0.0595 e. The molecule has 1 fully saturated rings. The van der Waals surface area contributed by atoms with E-state index in [1.807, 2.05) is 0 Å². The molecule has 0 bridgehead atoms. The number of rotatable bonds is 1. The summed E-state index contributed by atoms with van der Waals surface area (Å²) < 4.78 is 0. The number of pyridine rings is 1. The number of nitrogen functional groups attached to an aromatic ring is 1. The molecule has 5 heteroatoms. The standard InChI is InChI=1S/C13H17N4.Y/c1-16-7-9-17(10-8-16)6-2-3-13-5-4-12(14)11-15-13;/h5,11H,6-10,14H2,1H3;/q-1;. The molecule has 1 aliphatic rings. The van der Waals surface area contributed by atoms with Gasteiger partial charge in [0.15, 0.2) is 0 Å². The van der Waals surface area contributed by atoms with Gasteiger partial charge in [0.05, 0.1) is 6.54 Å². The fraction of sp³-hybridized carbons (Fsp3) is 0.462. The van der Waals surface area contributed by atoms with Crippen molar-refractivity contribution in [2.75, 3.05) is 45.5 Å². The van der Waals surface area contributed by atoms with Crippen LogP contribution in [0.3, 0.4) is 0 Å². The molecule has 0 aromatic carbocycles. The molecule has 0 aliphatic carbocycles. The van der Waals surface area contributed by atoms with Crippen LogP contribution in [0.25, 0.3) is 0 Å². The van der Waals surface area contributed by atoms with Crippen LogP contribution in [0.2, 0.25) is 0 Å². The normalized spacial score (nSPS) is 16.5. The molecule has 0 atom stereocenters. The van der Waals surface area contributed by atoms with Gasteiger partial charge in [-0.25, -0.2) is 0 Å². The monoisotopic (exact) mass is 318 g/mol. The van der Waals surface area contributed by atoms with Gasteiger partial charge < -0.3 is 15.6 Å². The van der Waals surface area contributed by atoms with Crippen LogP contribution in [0, 0.1) is 17.9 Å². The zero-order valence-electron chi connectivity index (χ0n) is 10.7. The predicted molar refractivity (Wildman–Crippen MR) is 68.3 cm³/mol. The van der Waals surface area contributed by atoms with E-state index < -0.39 is 0 Å². The third-order valence-electron chi connectivity index (χ3n) is 2.83. The summed E-state index contributed by atoms with van der Waals surface area (Å²) >= 11 is 0. The summed E-state index contributed by atoms with van der Waals surface area (Å²) in [6.07, 6.45) is 1.58. The molecule has 0 spiro atoms. The van der Waals surface area contributed by atoms with Gasteiger partial charge in [0.2, 0.25) is 0 Å². The van der Waals surface area contributed by atoms with E-state index in [0.29, 0.717) is 5.69 Å². The molecule has 2 heterocycles. The molecule has 1 aliphatic heterocycles. The third kappa shape index (κ3) is 5.03. The Morgan fingerprint density at radius 2 is 2.11 bits per heavy atom. The van der Waals surface area contributed by atoms with Gasteiger partial charge in [-0.1, -0.05) is 17.8 Å². The van der Waals surface area contributed by atoms with Gasteiger partial charge in [0.1, 0.15) is 0 Å². The third-order valence-corrected chi connectivity index (χ3v) is 2.83. The maximum atomic E-state index is 5.51. The van der Waals surface area contributed by atoms with Gasteiger partial charge in [-0.2, -0.15) is 6.07 Å². The number of likely N-dealkylation sites (N-methyl/N-ethyl adjacent to an activating group) is 1. The van der Waals surface area contributed by atoms with E-state index in [-0.39, 0.29) is 32.7 Å². The van der Waals surface area contributed by atoms with E-state index in [1.54, 1.807) is 12.3 Å². The summed E-state index contributed by atoms with van der Waals surface area (Å²) in [5.41, 5.74) is 6.79. The quantitative estimate of drug-likeness (QED) is 0.588. The average Bonchev–Trinajstić information content (AvgIpc) is 2.34. The molecular formula is C13H17N4Y-. The summed E-state index contributed by atoms with van der Waals surface area (Å²) in [6.45, 7) is 5.23. The van der Waals surface area contributed by atoms with Gasteiger partial charge in [0.25, 0.3) is 0 Å². The molecule has 0 saturated carbocycles. The van der Waals surface area contributed by atoms with E-state index in [9.17, 15) is 0 Å². The van der Waals surface area contributed by atoms with E-state index in [0.717, 1.165) is 38.4 Å². The van der Waals surface area contributed by atoms with Crippen molar-refractivity contribution in [3.8, 4) is 11.8 Å². The summed E-state index contributed by atoms with van der Waals surface area (Å²) in [7, 11) is 2.15. The molecule has 93 valence electrons. The first-order valence-corrected chi connectivity index (χ1v) is 5.77. The fourth-order valence-electron chi connectivity index (χ4n) is 1.68. The minimum absolute atomic E-state index is 0. The smallest absolute Gasteiger partial charge is 0.0595 e. The van der Waals surface area contributed by atoms with Gasteiger partial charge >= 0.3 is 0 Å². The SMILES string of the molecule is CN1CCN(CC#Cc2c[c-]c(N)cn2)CC1.[Y]. The Morgan fingerprint density at radius 3 is 2.72 bits per heavy atom. The van der Waals surface area contributed by atoms with E-state index >= 15 is 0 Å². The van der Waals surface area contributed by atoms with Crippen LogP contribution >= 0.6 is 0 Å². The number of nitrogens with zero attached hydrogens (tertiary/aromatic N) is 3. The number of nitrogens with two attached hydrogens (primary N) is 1. The Hall–Kier alpha value is -0.466. The Kier molecular flexibility index (Phi) is 6.81. The van der Waals surface area contributed by atoms with E-state index in [4.69, 9.17) is 5.73 Å². The topological polar surface area (TPSA) is 45.4 Å². The molecule has 1 aromatic rings. The second-order valence-electron chi connectivity index (χ2n) is 4.27. The van der Waals surface area contributed by atoms with Crippen LogP contribution in [-0.4, -0.2) is 54.6 Å². The van der Waals surface area contributed by atoms with Crippen LogP contribution in [0.4, 0.5) is 5.69 Å². The van der Waals surface area contributed by atoms with Gasteiger partial charge in [0, 0.05) is 58.9 Å². The van der Waals surface area contributed by atoms with Gasteiger partial charge in [-0.15, -0.1) is 12.0 Å². The number of anilines is 1. The second kappa shape index (κ2) is 7.86. The van der Waals surface area contributed by atoms with Crippen molar-refractivity contribution in [1.29, 1.82) is 0 Å². The molecule has 18 heavy (non-hydrogen) atoms. The van der Waals surface area contributed by atoms with E-state index in [2.05, 4.69) is 39.7 Å². The second-order valence-corrected chi connectivity index (χ2v) is 4.27. The number of hydrogen-bond acceptors (Lipinski definition) is 4. The zero-order valence-corrected chi connectivity index (χ0v) is 13.5. The van der Waals surface area contributed by atoms with Crippen LogP contribution in [0.1, 0.15) is 5.69 Å². The number of hydrogen-bond donors (Lipinski definition) is 1. The Balaban J connectivity index is 0.00000162. The summed E-state index contributed by atoms with van der Waals surface area (Å²) in [6, 6.07) is 4.62. The van der Waals surface area contributed by atoms with E-state index in [1.165, 1.54) is 0 Å². The fourth-order valence-corrected chi connectivity index (χ4v) is 1.68. The first-order valence-electron chi connectivity index (χ1n) is 5.77. The molecule has 1 radical (unpaired) electrons. The maximum absolute atomic E-state index is 5.51. The minimum atomic E-state index is 0. The van der Waals surface area contributed by atoms with Gasteiger partial charge in [-0.3, -0.25) is 4.90 Å². The van der Waals surface area contributed by atoms with Crippen LogP contribution in [0.5, 0.6) is 0 Å². The number of aromatic nitrogens is 1. The molecule has 2 rings (SSSR count). The first-order chi connectivity index (χ1) is 8.24. The van der Waals surface area contributed by atoms with Crippen LogP contribution in [-0.2, 0) is 32.7 Å². The van der Waals surface area contributed by atoms with Crippen molar-refractivity contribution in [3.63, 3.8) is 0 Å². The minimum Gasteiger partial charge on any atom is -0.418 e. The molecule has 4 nitrogen and oxygen atoms in total. The molecule has 1 aromatic heterocycles. The largest absolute Gasteiger partial charge is 0.418 e. The number of piperazine rings is 1. The van der Waals surface area contributed by atoms with Crippen LogP contribution < -0.4 is 5.73 Å². The van der Waals surface area contributed by atoms with Crippen LogP contribution in [0.15, 0.2) is 12.3 Å². The molecule has 2 N–H and O–H groups in total. The Bertz CT molecular complexity index is 413. The predicted octanol–water partition coefficient (Wildman–Crippen LogP) is 0.0604. The summed E-state index contributed by atoms with van der Waals surface area (Å²) in [5.74, 6) is 6.17. The van der Waals surface area contributed by atoms with Crippen molar-refractivity contribution in [1.82, 2.24) is 14.8 Å². The summed E-state index contributed by atoms with van der Waals surface area (Å²) in [4.78, 5) is 8.81. The van der Waals surface area contributed by atoms with Crippen molar-refractivity contribution >= 4 is 5.69 Å². The summed E-state index contributed by atoms with van der Waals surface area (Å²) in [5, 5.41) is 0. The first kappa shape index (κ1) is 15.6. The van der Waals surface area contributed by atoms with Crippen molar-refractivity contribution in [2.24, 2.45) is 0 Å². The molecule has 0 amide bonds. The van der Waals surface area contributed by atoms with Crippen molar-refractivity contribution < 1.29 is 32.7 Å². The van der Waals surface area contributed by atoms with Crippen molar-refractivity contribution in [3.05, 3.63) is 24.0 Å².